The first-order valence-corrected chi connectivity index (χ1v) is 7.67. The van der Waals surface area contributed by atoms with Gasteiger partial charge in [-0.3, -0.25) is 0 Å². The summed E-state index contributed by atoms with van der Waals surface area (Å²) in [6, 6.07) is 7.56. The van der Waals surface area contributed by atoms with Gasteiger partial charge in [0, 0.05) is 34.4 Å². The zero-order valence-electron chi connectivity index (χ0n) is 9.56. The summed E-state index contributed by atoms with van der Waals surface area (Å²) in [7, 11) is -2.93. The second-order valence-corrected chi connectivity index (χ2v) is 6.80. The highest BCUT2D eigenvalue weighted by Gasteiger charge is 2.09. The third-order valence-electron chi connectivity index (χ3n) is 2.84. The van der Waals surface area contributed by atoms with Gasteiger partial charge in [-0.2, -0.15) is 0 Å². The predicted molar refractivity (Wildman–Crippen MR) is 71.3 cm³/mol. The van der Waals surface area contributed by atoms with Gasteiger partial charge in [0.1, 0.15) is 0 Å². The van der Waals surface area contributed by atoms with E-state index in [4.69, 9.17) is 11.6 Å². The van der Waals surface area contributed by atoms with Crippen LogP contribution in [0.3, 0.4) is 0 Å². The van der Waals surface area contributed by atoms with Crippen LogP contribution in [-0.4, -0.2) is 24.5 Å². The Morgan fingerprint density at radius 2 is 2.06 bits per heavy atom. The molecule has 0 spiro atoms. The van der Waals surface area contributed by atoms with E-state index in [2.05, 4.69) is 0 Å². The number of hydrogen-bond donors (Lipinski definition) is 0. The summed E-state index contributed by atoms with van der Waals surface area (Å²) in [5.41, 5.74) is 0.976. The fourth-order valence-electron chi connectivity index (χ4n) is 1.76. The summed E-state index contributed by atoms with van der Waals surface area (Å²) in [5, 5.41) is 1.66. The molecule has 0 aliphatic rings. The van der Waals surface area contributed by atoms with Gasteiger partial charge in [0.2, 0.25) is 0 Å². The van der Waals surface area contributed by atoms with E-state index in [0.717, 1.165) is 10.9 Å². The van der Waals surface area contributed by atoms with Crippen molar-refractivity contribution in [1.82, 2.24) is 4.57 Å². The van der Waals surface area contributed by atoms with Crippen LogP contribution in [-0.2, 0) is 16.4 Å². The molecule has 5 heteroatoms. The molecule has 17 heavy (non-hydrogen) atoms. The van der Waals surface area contributed by atoms with Crippen LogP contribution in [0.4, 0.5) is 0 Å². The Hall–Kier alpha value is -1.00. The summed E-state index contributed by atoms with van der Waals surface area (Å²) < 4.78 is 24.8. The first-order valence-electron chi connectivity index (χ1n) is 5.47. The molecule has 0 radical (unpaired) electrons. The molecule has 3 nitrogen and oxygen atoms in total. The molecule has 0 unspecified atom stereocenters. The maximum Gasteiger partial charge on any atom is 0.151 e. The van der Waals surface area contributed by atoms with Crippen LogP contribution in [0.5, 0.6) is 0 Å². The van der Waals surface area contributed by atoms with E-state index in [-0.39, 0.29) is 11.5 Å². The molecular weight excluding hydrogens is 258 g/mol. The number of hydrogen-bond acceptors (Lipinski definition) is 2. The molecule has 0 fully saturated rings. The summed E-state index contributed by atoms with van der Waals surface area (Å²) in [5.74, 6) is 0.354. The molecule has 2 aromatic rings. The Morgan fingerprint density at radius 3 is 2.76 bits per heavy atom. The number of aryl methyl sites for hydroxylation is 1. The second kappa shape index (κ2) is 4.70. The highest BCUT2D eigenvalue weighted by Crippen LogP contribution is 2.24. The largest absolute Gasteiger partial charge is 0.346 e. The number of aromatic nitrogens is 1. The van der Waals surface area contributed by atoms with Gasteiger partial charge < -0.3 is 4.57 Å². The van der Waals surface area contributed by atoms with Crippen LogP contribution in [0, 0.1) is 0 Å². The minimum Gasteiger partial charge on any atom is -0.346 e. The summed E-state index contributed by atoms with van der Waals surface area (Å²) in [6.45, 7) is 2.14. The molecule has 1 aromatic heterocycles. The molecular formula is C12H14ClNO2S. The first kappa shape index (κ1) is 12.5. The third-order valence-corrected chi connectivity index (χ3v) is 4.86. The minimum absolute atomic E-state index is 0.166. The lowest BCUT2D eigenvalue weighted by atomic mass is 10.2. The molecule has 1 aromatic carbocycles. The molecule has 0 saturated heterocycles. The third kappa shape index (κ3) is 2.64. The van der Waals surface area contributed by atoms with Crippen molar-refractivity contribution in [3.63, 3.8) is 0 Å². The lowest BCUT2D eigenvalue weighted by Crippen LogP contribution is -2.14. The average molecular weight is 272 g/mol. The predicted octanol–water partition coefficient (Wildman–Crippen LogP) is 2.73. The molecule has 0 atom stereocenters. The van der Waals surface area contributed by atoms with Crippen molar-refractivity contribution in [2.45, 2.75) is 13.5 Å². The molecule has 0 saturated carbocycles. The highest BCUT2D eigenvalue weighted by atomic mass is 35.5. The Bertz CT molecular complexity index is 631. The van der Waals surface area contributed by atoms with Gasteiger partial charge in [0.05, 0.1) is 5.75 Å². The summed E-state index contributed by atoms with van der Waals surface area (Å²) in [6.07, 6.45) is 1.88. The molecule has 0 amide bonds. The topological polar surface area (TPSA) is 39.1 Å². The van der Waals surface area contributed by atoms with Crippen molar-refractivity contribution in [3.8, 4) is 0 Å². The smallest absolute Gasteiger partial charge is 0.151 e. The van der Waals surface area contributed by atoms with Gasteiger partial charge in [-0.1, -0.05) is 24.6 Å². The van der Waals surface area contributed by atoms with E-state index >= 15 is 0 Å². The normalized spacial score (nSPS) is 12.1. The molecule has 1 heterocycles. The molecule has 0 bridgehead atoms. The van der Waals surface area contributed by atoms with Gasteiger partial charge in [0.15, 0.2) is 9.84 Å². The number of nitrogens with zero attached hydrogens (tertiary/aromatic N) is 1. The van der Waals surface area contributed by atoms with Crippen LogP contribution in [0.25, 0.3) is 10.9 Å². The van der Waals surface area contributed by atoms with E-state index in [1.807, 2.05) is 35.0 Å². The zero-order chi connectivity index (χ0) is 12.5. The quantitative estimate of drug-likeness (QED) is 0.858. The zero-order valence-corrected chi connectivity index (χ0v) is 11.1. The highest BCUT2D eigenvalue weighted by molar-refractivity contribution is 7.91. The standard InChI is InChI=1S/C12H14ClNO2S/c1-2-17(15,16)9-8-14-7-6-10-11(13)4-3-5-12(10)14/h3-7H,2,8-9H2,1H3. The SMILES string of the molecule is CCS(=O)(=O)CCn1ccc2c(Cl)cccc21. The van der Waals surface area contributed by atoms with Gasteiger partial charge >= 0.3 is 0 Å². The van der Waals surface area contributed by atoms with Crippen molar-refractivity contribution in [3.05, 3.63) is 35.5 Å². The van der Waals surface area contributed by atoms with Crippen molar-refractivity contribution in [2.75, 3.05) is 11.5 Å². The van der Waals surface area contributed by atoms with Crippen molar-refractivity contribution in [1.29, 1.82) is 0 Å². The molecule has 0 N–H and O–H groups in total. The van der Waals surface area contributed by atoms with Crippen LogP contribution in [0.2, 0.25) is 5.02 Å². The van der Waals surface area contributed by atoms with Gasteiger partial charge in [-0.05, 0) is 18.2 Å². The molecule has 2 rings (SSSR count). The number of rotatable bonds is 4. The van der Waals surface area contributed by atoms with E-state index < -0.39 is 9.84 Å². The molecule has 0 aliphatic heterocycles. The number of halogens is 1. The summed E-state index contributed by atoms with van der Waals surface area (Å²) in [4.78, 5) is 0. The molecule has 0 aliphatic carbocycles. The number of sulfone groups is 1. The Balaban J connectivity index is 2.29. The van der Waals surface area contributed by atoms with Gasteiger partial charge in [-0.25, -0.2) is 8.42 Å². The fraction of sp³-hybridized carbons (Fsp3) is 0.333. The summed E-state index contributed by atoms with van der Waals surface area (Å²) >= 11 is 6.06. The van der Waals surface area contributed by atoms with Crippen LogP contribution in [0.15, 0.2) is 30.5 Å². The number of fused-ring (bicyclic) bond motifs is 1. The number of benzene rings is 1. The maximum absolute atomic E-state index is 11.5. The lowest BCUT2D eigenvalue weighted by molar-refractivity contribution is 0.591. The van der Waals surface area contributed by atoms with Crippen molar-refractivity contribution < 1.29 is 8.42 Å². The van der Waals surface area contributed by atoms with E-state index in [1.54, 1.807) is 6.92 Å². The van der Waals surface area contributed by atoms with Crippen molar-refractivity contribution in [2.24, 2.45) is 0 Å². The molecule has 92 valence electrons. The minimum atomic E-state index is -2.93. The van der Waals surface area contributed by atoms with Crippen LogP contribution >= 0.6 is 11.6 Å². The lowest BCUT2D eigenvalue weighted by Gasteiger charge is -2.05. The van der Waals surface area contributed by atoms with Crippen LogP contribution in [0.1, 0.15) is 6.92 Å². The van der Waals surface area contributed by atoms with Crippen molar-refractivity contribution >= 4 is 32.3 Å². The Kier molecular flexibility index (Phi) is 3.45. The van der Waals surface area contributed by atoms with E-state index in [1.165, 1.54) is 0 Å². The Labute approximate surface area is 106 Å². The van der Waals surface area contributed by atoms with E-state index in [0.29, 0.717) is 11.6 Å². The second-order valence-electron chi connectivity index (χ2n) is 3.92. The van der Waals surface area contributed by atoms with E-state index in [9.17, 15) is 8.42 Å². The van der Waals surface area contributed by atoms with Gasteiger partial charge in [-0.15, -0.1) is 0 Å². The average Bonchev–Trinajstić information content (AvgIpc) is 2.71. The maximum atomic E-state index is 11.5. The van der Waals surface area contributed by atoms with Crippen LogP contribution < -0.4 is 0 Å². The monoisotopic (exact) mass is 271 g/mol. The Morgan fingerprint density at radius 1 is 1.29 bits per heavy atom. The van der Waals surface area contributed by atoms with Gasteiger partial charge in [0.25, 0.3) is 0 Å². The first-order chi connectivity index (χ1) is 8.03. The fourth-order valence-corrected chi connectivity index (χ4v) is 2.76.